The Kier molecular flexibility index (Phi) is 1.80. The molecule has 0 radical (unpaired) electrons. The van der Waals surface area contributed by atoms with Crippen LogP contribution in [0.15, 0.2) is 0 Å². The molecule has 8 heavy (non-hydrogen) atoms. The van der Waals surface area contributed by atoms with Gasteiger partial charge in [0.1, 0.15) is 0 Å². The van der Waals surface area contributed by atoms with E-state index in [0.717, 1.165) is 0 Å². The molecule has 1 aliphatic rings. The summed E-state index contributed by atoms with van der Waals surface area (Å²) in [5, 5.41) is 18.2. The Morgan fingerprint density at radius 1 is 1.50 bits per heavy atom. The van der Waals surface area contributed by atoms with Gasteiger partial charge in [0.25, 0.3) is 0 Å². The second-order valence-electron chi connectivity index (χ2n) is 1.61. The second kappa shape index (κ2) is 2.41. The van der Waals surface area contributed by atoms with Crippen molar-refractivity contribution in [2.45, 2.75) is 6.23 Å². The van der Waals surface area contributed by atoms with Crippen LogP contribution in [0.5, 0.6) is 0 Å². The summed E-state index contributed by atoms with van der Waals surface area (Å²) in [6, 6.07) is 0. The van der Waals surface area contributed by atoms with E-state index in [1.165, 1.54) is 5.06 Å². The summed E-state index contributed by atoms with van der Waals surface area (Å²) >= 11 is 0. The van der Waals surface area contributed by atoms with Gasteiger partial charge in [-0.05, 0) is 0 Å². The molecule has 0 aromatic carbocycles. The molecular formula is C4H9NO3. The second-order valence-corrected chi connectivity index (χ2v) is 1.61. The lowest BCUT2D eigenvalue weighted by Crippen LogP contribution is -2.09. The smallest absolute Gasteiger partial charge is 0.177 e. The molecule has 1 heterocycles. The van der Waals surface area contributed by atoms with E-state index in [0.29, 0.717) is 6.54 Å². The molecule has 0 bridgehead atoms. The number of β-amino-alcohol motifs (C(OH)–C–C–N with tert-alkyl or cyclic N) is 1. The molecule has 4 heteroatoms. The van der Waals surface area contributed by atoms with E-state index in [9.17, 15) is 0 Å². The minimum Gasteiger partial charge on any atom is -0.395 e. The normalized spacial score (nSPS) is 35.2. The van der Waals surface area contributed by atoms with Gasteiger partial charge < -0.3 is 10.2 Å². The Hall–Kier alpha value is -0.160. The predicted molar refractivity (Wildman–Crippen MR) is 25.8 cm³/mol. The summed E-state index contributed by atoms with van der Waals surface area (Å²) in [6.45, 7) is 0.585. The van der Waals surface area contributed by atoms with Crippen molar-refractivity contribution in [1.82, 2.24) is 5.06 Å². The fourth-order valence-electron chi connectivity index (χ4n) is 0.549. The molecule has 1 fully saturated rings. The van der Waals surface area contributed by atoms with Gasteiger partial charge in [-0.3, -0.25) is 4.84 Å². The van der Waals surface area contributed by atoms with Crippen LogP contribution in [0.25, 0.3) is 0 Å². The van der Waals surface area contributed by atoms with E-state index in [2.05, 4.69) is 0 Å². The highest BCUT2D eigenvalue weighted by molar-refractivity contribution is 4.62. The number of hydrogen-bond acceptors (Lipinski definition) is 4. The lowest BCUT2D eigenvalue weighted by Gasteiger charge is -1.87. The quantitative estimate of drug-likeness (QED) is 0.446. The van der Waals surface area contributed by atoms with Gasteiger partial charge in [-0.1, -0.05) is 0 Å². The van der Waals surface area contributed by atoms with Crippen molar-refractivity contribution in [3.05, 3.63) is 0 Å². The monoisotopic (exact) mass is 119 g/mol. The van der Waals surface area contributed by atoms with Crippen LogP contribution >= 0.6 is 0 Å². The number of nitrogens with zero attached hydrogens (tertiary/aromatic N) is 1. The highest BCUT2D eigenvalue weighted by Gasteiger charge is 2.34. The van der Waals surface area contributed by atoms with Crippen LogP contribution in [0.2, 0.25) is 0 Å². The summed E-state index contributed by atoms with van der Waals surface area (Å²) in [4.78, 5) is 4.73. The number of hydroxylamine groups is 2. The maximum absolute atomic E-state index is 8.35. The Bertz CT molecular complexity index is 77.7. The zero-order valence-electron chi connectivity index (χ0n) is 4.45. The topological polar surface area (TPSA) is 56.0 Å². The summed E-state index contributed by atoms with van der Waals surface area (Å²) < 4.78 is 0. The summed E-state index contributed by atoms with van der Waals surface area (Å²) in [7, 11) is 0. The molecule has 0 amide bonds. The van der Waals surface area contributed by atoms with E-state index in [4.69, 9.17) is 15.1 Å². The number of aliphatic hydroxyl groups is 2. The van der Waals surface area contributed by atoms with Crippen LogP contribution in [-0.2, 0) is 4.84 Å². The average Bonchev–Trinajstić information content (AvgIpc) is 2.48. The Labute approximate surface area is 47.2 Å². The predicted octanol–water partition coefficient (Wildman–Crippen LogP) is -1.46. The van der Waals surface area contributed by atoms with Crippen molar-refractivity contribution < 1.29 is 15.1 Å². The van der Waals surface area contributed by atoms with Gasteiger partial charge >= 0.3 is 0 Å². The molecular weight excluding hydrogens is 110 g/mol. The number of hydrogen-bond donors (Lipinski definition) is 2. The molecule has 1 rings (SSSR count). The van der Waals surface area contributed by atoms with Gasteiger partial charge in [0.05, 0.1) is 19.8 Å². The third-order valence-corrected chi connectivity index (χ3v) is 1.01. The highest BCUT2D eigenvalue weighted by Crippen LogP contribution is 2.16. The van der Waals surface area contributed by atoms with E-state index >= 15 is 0 Å². The lowest BCUT2D eigenvalue weighted by molar-refractivity contribution is 0.158. The molecule has 0 aromatic rings. The van der Waals surface area contributed by atoms with E-state index < -0.39 is 0 Å². The molecule has 48 valence electrons. The molecule has 0 aliphatic carbocycles. The molecule has 0 aromatic heterocycles. The molecule has 1 saturated heterocycles. The first kappa shape index (κ1) is 5.97. The van der Waals surface area contributed by atoms with Gasteiger partial charge in [-0.2, -0.15) is 5.06 Å². The standard InChI is InChI=1S/C4H9NO3/c6-2-1-5-4(3-7)8-5/h4,6-7H,1-3H2. The fourth-order valence-corrected chi connectivity index (χ4v) is 0.549. The molecule has 2 N–H and O–H groups in total. The third kappa shape index (κ3) is 1.16. The fraction of sp³-hybridized carbons (Fsp3) is 1.00. The highest BCUT2D eigenvalue weighted by atomic mass is 16.8. The molecule has 1 aliphatic heterocycles. The minimum atomic E-state index is -0.151. The van der Waals surface area contributed by atoms with Crippen molar-refractivity contribution >= 4 is 0 Å². The molecule has 0 saturated carbocycles. The van der Waals surface area contributed by atoms with Crippen molar-refractivity contribution in [1.29, 1.82) is 0 Å². The molecule has 2 atom stereocenters. The van der Waals surface area contributed by atoms with Gasteiger partial charge in [0, 0.05) is 0 Å². The Morgan fingerprint density at radius 2 is 2.25 bits per heavy atom. The first-order chi connectivity index (χ1) is 3.88. The van der Waals surface area contributed by atoms with Crippen LogP contribution < -0.4 is 0 Å². The van der Waals surface area contributed by atoms with Crippen molar-refractivity contribution in [2.24, 2.45) is 0 Å². The van der Waals surface area contributed by atoms with Crippen molar-refractivity contribution in [3.8, 4) is 0 Å². The molecule has 4 nitrogen and oxygen atoms in total. The van der Waals surface area contributed by atoms with E-state index in [-0.39, 0.29) is 19.4 Å². The van der Waals surface area contributed by atoms with Crippen LogP contribution in [0.4, 0.5) is 0 Å². The summed E-state index contributed by atoms with van der Waals surface area (Å²) in [5.41, 5.74) is 0. The first-order valence-corrected chi connectivity index (χ1v) is 2.53. The molecule has 2 unspecified atom stereocenters. The number of rotatable bonds is 3. The largest absolute Gasteiger partial charge is 0.395 e. The Balaban J connectivity index is 1.99. The van der Waals surface area contributed by atoms with E-state index in [1.807, 2.05) is 0 Å². The maximum Gasteiger partial charge on any atom is 0.177 e. The van der Waals surface area contributed by atoms with Crippen LogP contribution in [0.1, 0.15) is 0 Å². The number of aliphatic hydroxyl groups excluding tert-OH is 2. The van der Waals surface area contributed by atoms with E-state index in [1.54, 1.807) is 0 Å². The SMILES string of the molecule is OCCN1OC1CO. The van der Waals surface area contributed by atoms with Gasteiger partial charge in [0.15, 0.2) is 6.23 Å². The van der Waals surface area contributed by atoms with Crippen molar-refractivity contribution in [3.63, 3.8) is 0 Å². The maximum atomic E-state index is 8.35. The minimum absolute atomic E-state index is 0.0139. The lowest BCUT2D eigenvalue weighted by atomic mass is 10.6. The van der Waals surface area contributed by atoms with Gasteiger partial charge in [-0.25, -0.2) is 0 Å². The third-order valence-electron chi connectivity index (χ3n) is 1.01. The summed E-state index contributed by atoms with van der Waals surface area (Å²) in [6.07, 6.45) is -0.151. The van der Waals surface area contributed by atoms with Crippen LogP contribution in [0, 0.1) is 0 Å². The zero-order valence-corrected chi connectivity index (χ0v) is 4.45. The van der Waals surface area contributed by atoms with Crippen molar-refractivity contribution in [2.75, 3.05) is 19.8 Å². The zero-order chi connectivity index (χ0) is 5.98. The molecule has 0 spiro atoms. The summed E-state index contributed by atoms with van der Waals surface area (Å²) in [5.74, 6) is 0. The Morgan fingerprint density at radius 3 is 2.62 bits per heavy atom. The average molecular weight is 119 g/mol. The van der Waals surface area contributed by atoms with Crippen LogP contribution in [0.3, 0.4) is 0 Å². The first-order valence-electron chi connectivity index (χ1n) is 2.53. The van der Waals surface area contributed by atoms with Crippen LogP contribution in [-0.4, -0.2) is 41.3 Å². The van der Waals surface area contributed by atoms with Gasteiger partial charge in [-0.15, -0.1) is 0 Å². The van der Waals surface area contributed by atoms with Gasteiger partial charge in [0.2, 0.25) is 0 Å².